The van der Waals surface area contributed by atoms with Crippen molar-refractivity contribution in [1.29, 1.82) is 5.26 Å². The van der Waals surface area contributed by atoms with Crippen molar-refractivity contribution in [3.05, 3.63) is 29.8 Å². The molecule has 2 heteroatoms. The van der Waals surface area contributed by atoms with Crippen LogP contribution in [-0.2, 0) is 6.42 Å². The van der Waals surface area contributed by atoms with Crippen LogP contribution in [0.2, 0.25) is 0 Å². The maximum Gasteiger partial charge on any atom is 0.122 e. The van der Waals surface area contributed by atoms with Crippen molar-refractivity contribution in [2.75, 3.05) is 6.61 Å². The summed E-state index contributed by atoms with van der Waals surface area (Å²) in [5, 5.41) is 8.83. The van der Waals surface area contributed by atoms with E-state index in [-0.39, 0.29) is 5.92 Å². The second-order valence-corrected chi connectivity index (χ2v) is 3.80. The van der Waals surface area contributed by atoms with Crippen molar-refractivity contribution in [3.63, 3.8) is 0 Å². The van der Waals surface area contributed by atoms with Gasteiger partial charge >= 0.3 is 0 Å². The van der Waals surface area contributed by atoms with E-state index in [1.807, 2.05) is 25.1 Å². The van der Waals surface area contributed by atoms with Gasteiger partial charge in [-0.3, -0.25) is 0 Å². The monoisotopic (exact) mass is 187 g/mol. The number of rotatable bonds is 1. The molecule has 1 aromatic carbocycles. The van der Waals surface area contributed by atoms with E-state index in [2.05, 4.69) is 12.1 Å². The Morgan fingerprint density at radius 3 is 3.07 bits per heavy atom. The van der Waals surface area contributed by atoms with E-state index in [0.29, 0.717) is 12.5 Å². The number of ether oxygens (including phenoxy) is 1. The minimum Gasteiger partial charge on any atom is -0.493 e. The van der Waals surface area contributed by atoms with E-state index in [4.69, 9.17) is 10.00 Å². The lowest BCUT2D eigenvalue weighted by Crippen LogP contribution is -2.25. The van der Waals surface area contributed by atoms with Gasteiger partial charge in [-0.25, -0.2) is 0 Å². The molecule has 1 aliphatic rings. The summed E-state index contributed by atoms with van der Waals surface area (Å²) >= 11 is 0. The molecular weight excluding hydrogens is 174 g/mol. The smallest absolute Gasteiger partial charge is 0.122 e. The lowest BCUT2D eigenvalue weighted by atomic mass is 9.88. The summed E-state index contributed by atoms with van der Waals surface area (Å²) in [4.78, 5) is 0. The van der Waals surface area contributed by atoms with Gasteiger partial charge in [0.05, 0.1) is 12.7 Å². The molecule has 2 nitrogen and oxygen atoms in total. The highest BCUT2D eigenvalue weighted by molar-refractivity contribution is 5.35. The molecule has 72 valence electrons. The average Bonchev–Trinajstić information content (AvgIpc) is 2.27. The molecule has 14 heavy (non-hydrogen) atoms. The first kappa shape index (κ1) is 9.08. The van der Waals surface area contributed by atoms with Gasteiger partial charge in [0.1, 0.15) is 5.75 Å². The predicted molar refractivity (Wildman–Crippen MR) is 53.9 cm³/mol. The van der Waals surface area contributed by atoms with Crippen LogP contribution in [0.25, 0.3) is 0 Å². The second-order valence-electron chi connectivity index (χ2n) is 3.80. The summed E-state index contributed by atoms with van der Waals surface area (Å²) in [7, 11) is 0. The number of hydrogen-bond acceptors (Lipinski definition) is 2. The van der Waals surface area contributed by atoms with Gasteiger partial charge in [0.25, 0.3) is 0 Å². The molecule has 0 aromatic heterocycles. The molecule has 0 aliphatic carbocycles. The molecule has 2 rings (SSSR count). The molecule has 0 N–H and O–H groups in total. The number of benzene rings is 1. The number of nitrogens with zero attached hydrogens (tertiary/aromatic N) is 1. The highest BCUT2D eigenvalue weighted by Gasteiger charge is 2.24. The van der Waals surface area contributed by atoms with E-state index in [9.17, 15) is 0 Å². The van der Waals surface area contributed by atoms with Crippen molar-refractivity contribution in [1.82, 2.24) is 0 Å². The minimum atomic E-state index is 0.0726. The summed E-state index contributed by atoms with van der Waals surface area (Å²) < 4.78 is 5.61. The Balaban J connectivity index is 2.18. The van der Waals surface area contributed by atoms with Crippen molar-refractivity contribution in [3.8, 4) is 11.8 Å². The first-order valence-corrected chi connectivity index (χ1v) is 4.91. The van der Waals surface area contributed by atoms with Crippen molar-refractivity contribution in [2.45, 2.75) is 13.3 Å². The highest BCUT2D eigenvalue weighted by atomic mass is 16.5. The molecule has 1 aromatic rings. The van der Waals surface area contributed by atoms with Gasteiger partial charge in [-0.2, -0.15) is 5.26 Å². The Labute approximate surface area is 84.1 Å². The molecule has 0 radical (unpaired) electrons. The number of hydrogen-bond donors (Lipinski definition) is 0. The summed E-state index contributed by atoms with van der Waals surface area (Å²) in [5.74, 6) is 1.40. The fourth-order valence-electron chi connectivity index (χ4n) is 1.78. The molecule has 0 fully saturated rings. The Morgan fingerprint density at radius 2 is 2.29 bits per heavy atom. The standard InChI is InChI=1S/C12H13NO/c1-9(7-13)11-6-10-4-2-3-5-12(10)14-8-11/h2-5,9,11H,6,8H2,1H3. The molecule has 0 saturated carbocycles. The molecule has 2 unspecified atom stereocenters. The van der Waals surface area contributed by atoms with Gasteiger partial charge in [-0.15, -0.1) is 0 Å². The van der Waals surface area contributed by atoms with Gasteiger partial charge in [0.15, 0.2) is 0 Å². The van der Waals surface area contributed by atoms with E-state index in [1.54, 1.807) is 0 Å². The van der Waals surface area contributed by atoms with Gasteiger partial charge < -0.3 is 4.74 Å². The Hall–Kier alpha value is -1.49. The van der Waals surface area contributed by atoms with Crippen molar-refractivity contribution in [2.24, 2.45) is 11.8 Å². The van der Waals surface area contributed by atoms with E-state index in [0.717, 1.165) is 12.2 Å². The Kier molecular flexibility index (Phi) is 2.41. The normalized spacial score (nSPS) is 21.6. The highest BCUT2D eigenvalue weighted by Crippen LogP contribution is 2.29. The number of para-hydroxylation sites is 1. The topological polar surface area (TPSA) is 33.0 Å². The van der Waals surface area contributed by atoms with Crippen LogP contribution >= 0.6 is 0 Å². The molecule has 1 heterocycles. The number of nitriles is 1. The third-order valence-electron chi connectivity index (χ3n) is 2.82. The average molecular weight is 187 g/mol. The quantitative estimate of drug-likeness (QED) is 0.676. The van der Waals surface area contributed by atoms with E-state index in [1.165, 1.54) is 5.56 Å². The van der Waals surface area contributed by atoms with Gasteiger partial charge in [-0.1, -0.05) is 18.2 Å². The van der Waals surface area contributed by atoms with Crippen LogP contribution in [0.15, 0.2) is 24.3 Å². The fourth-order valence-corrected chi connectivity index (χ4v) is 1.78. The maximum atomic E-state index is 8.83. The largest absolute Gasteiger partial charge is 0.493 e. The fraction of sp³-hybridized carbons (Fsp3) is 0.417. The lowest BCUT2D eigenvalue weighted by molar-refractivity contribution is 0.197. The van der Waals surface area contributed by atoms with Crippen molar-refractivity contribution >= 4 is 0 Å². The summed E-state index contributed by atoms with van der Waals surface area (Å²) in [5.41, 5.74) is 1.23. The number of fused-ring (bicyclic) bond motifs is 1. The second kappa shape index (κ2) is 3.71. The molecule has 1 aliphatic heterocycles. The summed E-state index contributed by atoms with van der Waals surface area (Å²) in [6.45, 7) is 2.63. The third-order valence-corrected chi connectivity index (χ3v) is 2.82. The van der Waals surface area contributed by atoms with E-state index < -0.39 is 0 Å². The van der Waals surface area contributed by atoms with Crippen LogP contribution in [0, 0.1) is 23.2 Å². The van der Waals surface area contributed by atoms with Crippen LogP contribution in [-0.4, -0.2) is 6.61 Å². The van der Waals surface area contributed by atoms with E-state index >= 15 is 0 Å². The van der Waals surface area contributed by atoms with Crippen LogP contribution in [0.4, 0.5) is 0 Å². The van der Waals surface area contributed by atoms with Crippen molar-refractivity contribution < 1.29 is 4.74 Å². The van der Waals surface area contributed by atoms with Gasteiger partial charge in [0.2, 0.25) is 0 Å². The van der Waals surface area contributed by atoms with Crippen LogP contribution in [0.5, 0.6) is 5.75 Å². The Morgan fingerprint density at radius 1 is 1.50 bits per heavy atom. The molecular formula is C12H13NO. The lowest BCUT2D eigenvalue weighted by Gasteiger charge is -2.26. The SMILES string of the molecule is CC(C#N)C1COc2ccccc2C1. The molecule has 2 atom stereocenters. The molecule has 0 bridgehead atoms. The minimum absolute atomic E-state index is 0.0726. The van der Waals surface area contributed by atoms with Crippen LogP contribution < -0.4 is 4.74 Å². The zero-order valence-electron chi connectivity index (χ0n) is 8.23. The maximum absolute atomic E-state index is 8.83. The summed E-state index contributed by atoms with van der Waals surface area (Å²) in [6, 6.07) is 10.3. The molecule has 0 spiro atoms. The van der Waals surface area contributed by atoms with Gasteiger partial charge in [0, 0.05) is 11.8 Å². The zero-order valence-corrected chi connectivity index (χ0v) is 8.23. The zero-order chi connectivity index (χ0) is 9.97. The predicted octanol–water partition coefficient (Wildman–Crippen LogP) is 2.40. The van der Waals surface area contributed by atoms with Crippen LogP contribution in [0.3, 0.4) is 0 Å². The first-order valence-electron chi connectivity index (χ1n) is 4.91. The van der Waals surface area contributed by atoms with Crippen LogP contribution in [0.1, 0.15) is 12.5 Å². The Bertz CT molecular complexity index is 367. The molecule has 0 amide bonds. The first-order chi connectivity index (χ1) is 6.81. The van der Waals surface area contributed by atoms with Gasteiger partial charge in [-0.05, 0) is 25.0 Å². The third kappa shape index (κ3) is 1.58. The summed E-state index contributed by atoms with van der Waals surface area (Å²) in [6.07, 6.45) is 0.963. The molecule has 0 saturated heterocycles.